The fourth-order valence-corrected chi connectivity index (χ4v) is 2.55. The Kier molecular flexibility index (Phi) is 6.38. The van der Waals surface area contributed by atoms with Gasteiger partial charge in [0.15, 0.2) is 11.8 Å². The molecule has 0 aliphatic heterocycles. The minimum atomic E-state index is -4.36. The molecule has 0 aromatic heterocycles. The Balaban J connectivity index is 1.96. The fraction of sp³-hybridized carbons (Fsp3) is 0.300. The molecule has 7 heteroatoms. The van der Waals surface area contributed by atoms with Crippen LogP contribution >= 0.6 is 0 Å². The van der Waals surface area contributed by atoms with Crippen LogP contribution in [-0.2, 0) is 17.5 Å². The Bertz CT molecular complexity index is 799. The summed E-state index contributed by atoms with van der Waals surface area (Å²) in [5.74, 6) is -0.267. The number of likely N-dealkylation sites (N-methyl/N-ethyl adjacent to an activating group) is 1. The van der Waals surface area contributed by atoms with Gasteiger partial charge in [0.1, 0.15) is 6.54 Å². The first-order valence-corrected chi connectivity index (χ1v) is 8.48. The molecule has 0 fully saturated rings. The summed E-state index contributed by atoms with van der Waals surface area (Å²) in [4.78, 5) is 24.5. The van der Waals surface area contributed by atoms with Gasteiger partial charge in [0, 0.05) is 16.8 Å². The van der Waals surface area contributed by atoms with Gasteiger partial charge in [-0.15, -0.1) is 0 Å². The van der Waals surface area contributed by atoms with Crippen LogP contribution in [0.3, 0.4) is 0 Å². The van der Waals surface area contributed by atoms with Gasteiger partial charge in [0.25, 0.3) is 5.91 Å². The second kappa shape index (κ2) is 8.35. The first kappa shape index (κ1) is 20.6. The maximum absolute atomic E-state index is 12.6. The molecule has 1 unspecified atom stereocenters. The van der Waals surface area contributed by atoms with E-state index in [-0.39, 0.29) is 11.7 Å². The van der Waals surface area contributed by atoms with E-state index < -0.39 is 17.8 Å². The number of amides is 1. The molecule has 27 heavy (non-hydrogen) atoms. The van der Waals surface area contributed by atoms with Crippen LogP contribution in [0.25, 0.3) is 0 Å². The number of ketones is 1. The normalized spacial score (nSPS) is 13.7. The van der Waals surface area contributed by atoms with Gasteiger partial charge in [0.2, 0.25) is 0 Å². The molecule has 2 N–H and O–H groups in total. The molecule has 0 aliphatic rings. The van der Waals surface area contributed by atoms with Gasteiger partial charge in [0.05, 0.1) is 12.6 Å². The number of benzene rings is 2. The molecule has 0 bridgehead atoms. The molecule has 0 saturated heterocycles. The number of hydrogen-bond donors (Lipinski definition) is 2. The molecule has 0 heterocycles. The van der Waals surface area contributed by atoms with Crippen LogP contribution in [0.5, 0.6) is 0 Å². The first-order chi connectivity index (χ1) is 12.6. The number of alkyl halides is 3. The number of Topliss-reactive ketones (excluding diaryl/α,β-unsaturated/α-hetero) is 1. The Morgan fingerprint density at radius 2 is 1.59 bits per heavy atom. The summed E-state index contributed by atoms with van der Waals surface area (Å²) in [5, 5.41) is 2.78. The van der Waals surface area contributed by atoms with E-state index in [1.54, 1.807) is 38.2 Å². The van der Waals surface area contributed by atoms with Crippen LogP contribution in [0, 0.1) is 0 Å². The molecule has 144 valence electrons. The van der Waals surface area contributed by atoms with E-state index in [1.165, 1.54) is 19.1 Å². The average molecular weight is 379 g/mol. The van der Waals surface area contributed by atoms with E-state index in [1.807, 2.05) is 0 Å². The van der Waals surface area contributed by atoms with Crippen molar-refractivity contribution in [3.05, 3.63) is 65.2 Å². The summed E-state index contributed by atoms with van der Waals surface area (Å²) in [6.45, 7) is 3.63. The summed E-state index contributed by atoms with van der Waals surface area (Å²) in [6.07, 6.45) is -4.36. The lowest BCUT2D eigenvalue weighted by atomic mass is 10.1. The van der Waals surface area contributed by atoms with Crippen molar-refractivity contribution < 1.29 is 27.7 Å². The van der Waals surface area contributed by atoms with Crippen molar-refractivity contribution in [2.45, 2.75) is 32.6 Å². The van der Waals surface area contributed by atoms with E-state index in [0.717, 1.165) is 17.0 Å². The van der Waals surface area contributed by atoms with Gasteiger partial charge in [-0.2, -0.15) is 13.2 Å². The highest BCUT2D eigenvalue weighted by Crippen LogP contribution is 2.28. The molecule has 0 saturated carbocycles. The lowest BCUT2D eigenvalue weighted by molar-refractivity contribution is -0.907. The van der Waals surface area contributed by atoms with Crippen LogP contribution in [-0.4, -0.2) is 24.8 Å². The van der Waals surface area contributed by atoms with Gasteiger partial charge >= 0.3 is 6.18 Å². The number of nitrogens with one attached hydrogen (secondary N) is 2. The number of quaternary nitrogens is 1. The second-order valence-corrected chi connectivity index (χ2v) is 6.56. The van der Waals surface area contributed by atoms with Crippen LogP contribution in [0.1, 0.15) is 35.3 Å². The maximum Gasteiger partial charge on any atom is 0.416 e. The predicted molar refractivity (Wildman–Crippen MR) is 96.6 cm³/mol. The molecule has 1 amide bonds. The van der Waals surface area contributed by atoms with Gasteiger partial charge in [-0.3, -0.25) is 9.59 Å². The zero-order valence-electron chi connectivity index (χ0n) is 15.4. The molecular weight excluding hydrogens is 357 g/mol. The molecule has 4 nitrogen and oxygen atoms in total. The van der Waals surface area contributed by atoms with E-state index in [2.05, 4.69) is 5.32 Å². The molecule has 0 spiro atoms. The molecule has 0 radical (unpaired) electrons. The Hall–Kier alpha value is -2.67. The summed E-state index contributed by atoms with van der Waals surface area (Å²) >= 11 is 0. The Morgan fingerprint density at radius 3 is 2.07 bits per heavy atom. The van der Waals surface area contributed by atoms with Gasteiger partial charge in [-0.25, -0.2) is 0 Å². The van der Waals surface area contributed by atoms with Crippen molar-refractivity contribution in [2.24, 2.45) is 0 Å². The third-order valence-corrected chi connectivity index (χ3v) is 4.46. The maximum atomic E-state index is 12.6. The lowest BCUT2D eigenvalue weighted by Crippen LogP contribution is -3.12. The number of carbonyl (C=O) groups excluding carboxylic acids is 2. The molecule has 2 aromatic rings. The smallest absolute Gasteiger partial charge is 0.324 e. The molecule has 2 aromatic carbocycles. The topological polar surface area (TPSA) is 50.6 Å². The van der Waals surface area contributed by atoms with Crippen molar-refractivity contribution in [1.29, 1.82) is 0 Å². The molecule has 2 rings (SSSR count). The Morgan fingerprint density at radius 1 is 1.04 bits per heavy atom. The number of hydrogen-bond acceptors (Lipinski definition) is 2. The van der Waals surface area contributed by atoms with Crippen molar-refractivity contribution in [1.82, 2.24) is 0 Å². The van der Waals surface area contributed by atoms with Crippen LogP contribution in [0.2, 0.25) is 0 Å². The Labute approximate surface area is 156 Å². The number of halogens is 3. The van der Waals surface area contributed by atoms with Crippen molar-refractivity contribution >= 4 is 17.4 Å². The van der Waals surface area contributed by atoms with E-state index in [9.17, 15) is 22.8 Å². The summed E-state index contributed by atoms with van der Waals surface area (Å²) in [6, 6.07) is 11.1. The van der Waals surface area contributed by atoms with Crippen molar-refractivity contribution in [3.8, 4) is 0 Å². The number of anilines is 1. The SMILES string of the molecule is CC(=O)c1ccc(NC(=O)[C@H](C)[NH+](C)Cc2ccc(C(F)(F)F)cc2)cc1. The van der Waals surface area contributed by atoms with E-state index >= 15 is 0 Å². The number of rotatable bonds is 6. The fourth-order valence-electron chi connectivity index (χ4n) is 2.55. The molecular formula is C20H22F3N2O2+. The van der Waals surface area contributed by atoms with Crippen LogP contribution in [0.4, 0.5) is 18.9 Å². The van der Waals surface area contributed by atoms with Crippen LogP contribution < -0.4 is 10.2 Å². The van der Waals surface area contributed by atoms with Gasteiger partial charge in [-0.05, 0) is 50.2 Å². The molecule has 0 aliphatic carbocycles. The molecule has 2 atom stereocenters. The van der Waals surface area contributed by atoms with Crippen molar-refractivity contribution in [2.75, 3.05) is 12.4 Å². The minimum absolute atomic E-state index is 0.0537. The second-order valence-electron chi connectivity index (χ2n) is 6.56. The number of carbonyl (C=O) groups is 2. The first-order valence-electron chi connectivity index (χ1n) is 8.48. The summed E-state index contributed by atoms with van der Waals surface area (Å²) in [7, 11) is 1.81. The van der Waals surface area contributed by atoms with E-state index in [0.29, 0.717) is 23.4 Å². The highest BCUT2D eigenvalue weighted by molar-refractivity contribution is 5.96. The average Bonchev–Trinajstić information content (AvgIpc) is 2.61. The highest BCUT2D eigenvalue weighted by atomic mass is 19.4. The standard InChI is InChI=1S/C20H21F3N2O2/c1-13(19(27)24-18-10-6-16(7-11-18)14(2)26)25(3)12-15-4-8-17(9-5-15)20(21,22)23/h4-11,13H,12H2,1-3H3,(H,24,27)/p+1/t13-/m0/s1. The predicted octanol–water partition coefficient (Wildman–Crippen LogP) is 2.95. The quantitative estimate of drug-likeness (QED) is 0.759. The van der Waals surface area contributed by atoms with Gasteiger partial charge in [-0.1, -0.05) is 12.1 Å². The third kappa shape index (κ3) is 5.65. The van der Waals surface area contributed by atoms with Gasteiger partial charge < -0.3 is 10.2 Å². The third-order valence-electron chi connectivity index (χ3n) is 4.46. The van der Waals surface area contributed by atoms with Crippen LogP contribution in [0.15, 0.2) is 48.5 Å². The van der Waals surface area contributed by atoms with E-state index in [4.69, 9.17) is 0 Å². The lowest BCUT2D eigenvalue weighted by Gasteiger charge is -2.21. The zero-order valence-corrected chi connectivity index (χ0v) is 15.4. The highest BCUT2D eigenvalue weighted by Gasteiger charge is 2.30. The van der Waals surface area contributed by atoms with Crippen molar-refractivity contribution in [3.63, 3.8) is 0 Å². The largest absolute Gasteiger partial charge is 0.416 e. The zero-order chi connectivity index (χ0) is 20.2. The minimum Gasteiger partial charge on any atom is -0.324 e. The summed E-state index contributed by atoms with van der Waals surface area (Å²) < 4.78 is 37.8. The summed E-state index contributed by atoms with van der Waals surface area (Å²) in [5.41, 5.74) is 1.17. The monoisotopic (exact) mass is 379 g/mol.